The molecule has 0 aliphatic rings. The number of thiophene rings is 1. The Hall–Kier alpha value is -2.66. The summed E-state index contributed by atoms with van der Waals surface area (Å²) in [6.45, 7) is 0.554. The van der Waals surface area contributed by atoms with Crippen molar-refractivity contribution >= 4 is 28.1 Å². The summed E-state index contributed by atoms with van der Waals surface area (Å²) in [5.41, 5.74) is 3.37. The number of nitrogens with one attached hydrogen (secondary N) is 1. The largest absolute Gasteiger partial charge is 0.435 e. The Bertz CT molecular complexity index is 947. The van der Waals surface area contributed by atoms with Gasteiger partial charge in [0.15, 0.2) is 5.58 Å². The molecule has 3 nitrogen and oxygen atoms in total. The van der Waals surface area contributed by atoms with E-state index in [0.29, 0.717) is 12.4 Å². The molecule has 5 heteroatoms. The summed E-state index contributed by atoms with van der Waals surface area (Å²) in [4.78, 5) is 5.54. The van der Waals surface area contributed by atoms with Crippen LogP contribution in [0.3, 0.4) is 0 Å². The molecule has 0 atom stereocenters. The van der Waals surface area contributed by atoms with Crippen LogP contribution in [-0.4, -0.2) is 4.98 Å². The summed E-state index contributed by atoms with van der Waals surface area (Å²) in [5, 5.41) is 5.27. The molecule has 0 saturated heterocycles. The lowest BCUT2D eigenvalue weighted by atomic mass is 10.2. The van der Waals surface area contributed by atoms with Gasteiger partial charge in [0.1, 0.15) is 11.3 Å². The minimum absolute atomic E-state index is 0.225. The zero-order chi connectivity index (χ0) is 15.6. The fourth-order valence-electron chi connectivity index (χ4n) is 2.39. The van der Waals surface area contributed by atoms with Crippen LogP contribution >= 0.6 is 11.3 Å². The van der Waals surface area contributed by atoms with Crippen LogP contribution in [0.25, 0.3) is 21.9 Å². The molecule has 2 aromatic heterocycles. The average molecular weight is 324 g/mol. The second-order valence-electron chi connectivity index (χ2n) is 5.16. The molecule has 1 N–H and O–H groups in total. The van der Waals surface area contributed by atoms with Gasteiger partial charge < -0.3 is 9.73 Å². The normalized spacial score (nSPS) is 11.0. The number of anilines is 1. The predicted octanol–water partition coefficient (Wildman–Crippen LogP) is 5.31. The molecule has 4 rings (SSSR count). The van der Waals surface area contributed by atoms with Crippen molar-refractivity contribution in [2.75, 3.05) is 5.32 Å². The Kier molecular flexibility index (Phi) is 3.55. The lowest BCUT2D eigenvalue weighted by Gasteiger charge is -2.06. The van der Waals surface area contributed by atoms with Crippen LogP contribution in [0.4, 0.5) is 10.1 Å². The third kappa shape index (κ3) is 2.96. The quantitative estimate of drug-likeness (QED) is 0.553. The highest BCUT2D eigenvalue weighted by Gasteiger charge is 2.09. The number of rotatable bonds is 4. The average Bonchev–Trinajstić information content (AvgIpc) is 3.21. The first-order valence-corrected chi connectivity index (χ1v) is 8.09. The molecule has 0 fully saturated rings. The minimum atomic E-state index is -0.225. The molecule has 0 aliphatic heterocycles. The summed E-state index contributed by atoms with van der Waals surface area (Å²) >= 11 is 1.60. The molecular formula is C18H13FN2OS. The van der Waals surface area contributed by atoms with E-state index in [1.165, 1.54) is 12.1 Å². The van der Waals surface area contributed by atoms with Crippen LogP contribution in [-0.2, 0) is 6.54 Å². The van der Waals surface area contributed by atoms with Gasteiger partial charge in [-0.05, 0) is 47.3 Å². The van der Waals surface area contributed by atoms with Crippen LogP contribution in [0.1, 0.15) is 5.56 Å². The van der Waals surface area contributed by atoms with Crippen LogP contribution in [0.2, 0.25) is 0 Å². The van der Waals surface area contributed by atoms with Crippen molar-refractivity contribution < 1.29 is 8.81 Å². The molecular weight excluding hydrogens is 311 g/mol. The zero-order valence-corrected chi connectivity index (χ0v) is 12.9. The van der Waals surface area contributed by atoms with Gasteiger partial charge >= 0.3 is 0 Å². The van der Waals surface area contributed by atoms with E-state index in [1.54, 1.807) is 17.4 Å². The third-order valence-electron chi connectivity index (χ3n) is 3.51. The lowest BCUT2D eigenvalue weighted by Crippen LogP contribution is -1.99. The number of oxazole rings is 1. The molecule has 114 valence electrons. The van der Waals surface area contributed by atoms with Crippen molar-refractivity contribution in [1.29, 1.82) is 0 Å². The van der Waals surface area contributed by atoms with Crippen molar-refractivity contribution in [3.63, 3.8) is 0 Å². The maximum atomic E-state index is 13.2. The first-order valence-electron chi connectivity index (χ1n) is 7.21. The van der Waals surface area contributed by atoms with Gasteiger partial charge in [-0.2, -0.15) is 0 Å². The van der Waals surface area contributed by atoms with Crippen LogP contribution in [0.15, 0.2) is 64.4 Å². The van der Waals surface area contributed by atoms with Gasteiger partial charge in [0.25, 0.3) is 0 Å². The van der Waals surface area contributed by atoms with Crippen molar-refractivity contribution in [1.82, 2.24) is 4.98 Å². The summed E-state index contributed by atoms with van der Waals surface area (Å²) in [6, 6.07) is 16.3. The molecule has 0 spiro atoms. The first kappa shape index (κ1) is 14.0. The fraction of sp³-hybridized carbons (Fsp3) is 0.0556. The van der Waals surface area contributed by atoms with E-state index in [0.717, 1.165) is 27.2 Å². The Morgan fingerprint density at radius 2 is 2.04 bits per heavy atom. The van der Waals surface area contributed by atoms with Crippen molar-refractivity contribution in [2.45, 2.75) is 6.54 Å². The summed E-state index contributed by atoms with van der Waals surface area (Å²) < 4.78 is 19.0. The molecule has 0 unspecified atom stereocenters. The number of halogens is 1. The molecule has 2 aromatic carbocycles. The number of hydrogen-bond donors (Lipinski definition) is 1. The summed E-state index contributed by atoms with van der Waals surface area (Å²) in [5.74, 6) is 0.411. The monoisotopic (exact) mass is 324 g/mol. The molecule has 0 bridgehead atoms. The smallest absolute Gasteiger partial charge is 0.237 e. The van der Waals surface area contributed by atoms with Crippen LogP contribution < -0.4 is 5.32 Å². The second-order valence-corrected chi connectivity index (χ2v) is 6.11. The number of aromatic nitrogens is 1. The highest BCUT2D eigenvalue weighted by atomic mass is 32.1. The third-order valence-corrected chi connectivity index (χ3v) is 4.36. The maximum absolute atomic E-state index is 13.2. The first-order chi connectivity index (χ1) is 11.3. The van der Waals surface area contributed by atoms with E-state index < -0.39 is 0 Å². The number of nitrogens with zero attached hydrogens (tertiary/aromatic N) is 1. The Morgan fingerprint density at radius 1 is 1.09 bits per heavy atom. The van der Waals surface area contributed by atoms with E-state index in [9.17, 15) is 4.39 Å². The van der Waals surface area contributed by atoms with E-state index in [-0.39, 0.29) is 5.82 Å². The molecule has 2 heterocycles. The standard InChI is InChI=1S/C18H13FN2OS/c19-13-4-1-3-12(9-13)11-20-14-6-7-16-15(10-14)21-18(22-16)17-5-2-8-23-17/h1-10,20H,11H2. The van der Waals surface area contributed by atoms with E-state index in [4.69, 9.17) is 4.42 Å². The molecule has 0 saturated carbocycles. The highest BCUT2D eigenvalue weighted by molar-refractivity contribution is 7.13. The Balaban J connectivity index is 1.56. The van der Waals surface area contributed by atoms with Gasteiger partial charge in [-0.3, -0.25) is 0 Å². The topological polar surface area (TPSA) is 38.1 Å². The van der Waals surface area contributed by atoms with Gasteiger partial charge in [-0.25, -0.2) is 9.37 Å². The highest BCUT2D eigenvalue weighted by Crippen LogP contribution is 2.29. The molecule has 4 aromatic rings. The van der Waals surface area contributed by atoms with Gasteiger partial charge in [-0.15, -0.1) is 11.3 Å². The molecule has 0 aliphatic carbocycles. The van der Waals surface area contributed by atoms with Crippen molar-refractivity contribution in [3.05, 3.63) is 71.4 Å². The fourth-order valence-corrected chi connectivity index (χ4v) is 3.04. The summed E-state index contributed by atoms with van der Waals surface area (Å²) in [7, 11) is 0. The number of hydrogen-bond acceptors (Lipinski definition) is 4. The number of benzene rings is 2. The van der Waals surface area contributed by atoms with E-state index in [2.05, 4.69) is 10.3 Å². The summed E-state index contributed by atoms with van der Waals surface area (Å²) in [6.07, 6.45) is 0. The minimum Gasteiger partial charge on any atom is -0.435 e. The SMILES string of the molecule is Fc1cccc(CNc2ccc3oc(-c4cccs4)nc3c2)c1. The van der Waals surface area contributed by atoms with Crippen LogP contribution in [0, 0.1) is 5.82 Å². The molecule has 0 radical (unpaired) electrons. The lowest BCUT2D eigenvalue weighted by molar-refractivity contribution is 0.621. The van der Waals surface area contributed by atoms with Gasteiger partial charge in [-0.1, -0.05) is 18.2 Å². The molecule has 0 amide bonds. The van der Waals surface area contributed by atoms with Gasteiger partial charge in [0, 0.05) is 12.2 Å². The molecule has 23 heavy (non-hydrogen) atoms. The van der Waals surface area contributed by atoms with Crippen molar-refractivity contribution in [2.24, 2.45) is 0 Å². The Morgan fingerprint density at radius 3 is 2.87 bits per heavy atom. The van der Waals surface area contributed by atoms with Crippen LogP contribution in [0.5, 0.6) is 0 Å². The van der Waals surface area contributed by atoms with E-state index >= 15 is 0 Å². The number of fused-ring (bicyclic) bond motifs is 1. The van der Waals surface area contributed by atoms with E-state index in [1.807, 2.05) is 41.8 Å². The van der Waals surface area contributed by atoms with Crippen molar-refractivity contribution in [3.8, 4) is 10.8 Å². The Labute approximate surface area is 136 Å². The van der Waals surface area contributed by atoms with Gasteiger partial charge in [0.2, 0.25) is 5.89 Å². The second kappa shape index (κ2) is 5.85. The predicted molar refractivity (Wildman–Crippen MR) is 91.0 cm³/mol. The zero-order valence-electron chi connectivity index (χ0n) is 12.1. The maximum Gasteiger partial charge on any atom is 0.237 e. The van der Waals surface area contributed by atoms with Gasteiger partial charge in [0.05, 0.1) is 4.88 Å².